The second-order valence-electron chi connectivity index (χ2n) is 12.0. The van der Waals surface area contributed by atoms with Gasteiger partial charge < -0.3 is 15.6 Å². The van der Waals surface area contributed by atoms with Gasteiger partial charge in [-0.15, -0.1) is 0 Å². The van der Waals surface area contributed by atoms with E-state index in [1.807, 2.05) is 33.1 Å². The normalized spacial score (nSPS) is 31.6. The molecule has 4 aliphatic rings. The summed E-state index contributed by atoms with van der Waals surface area (Å²) in [6.45, 7) is 11.5. The number of carbonyl (C=O) groups excluding carboxylic acids is 1. The molecule has 0 aromatic heterocycles. The molecule has 5 nitrogen and oxygen atoms in total. The van der Waals surface area contributed by atoms with Crippen molar-refractivity contribution in [1.82, 2.24) is 9.80 Å². The second-order valence-corrected chi connectivity index (χ2v) is 12.0. The fourth-order valence-corrected chi connectivity index (χ4v) is 8.09. The first-order valence-corrected chi connectivity index (χ1v) is 13.4. The van der Waals surface area contributed by atoms with Crippen LogP contribution in [0.4, 0.5) is 10.1 Å². The summed E-state index contributed by atoms with van der Waals surface area (Å²) in [7, 11) is 8.02. The summed E-state index contributed by atoms with van der Waals surface area (Å²) in [5, 5.41) is 11.8. The summed E-state index contributed by atoms with van der Waals surface area (Å²) in [4.78, 5) is 17.6. The number of fused-ring (bicyclic) bond motifs is 4. The fraction of sp³-hybridized carbons (Fsp3) is 0.600. The Hall–Kier alpha value is -2.31. The minimum atomic E-state index is -0.326. The van der Waals surface area contributed by atoms with Gasteiger partial charge >= 0.3 is 0 Å². The summed E-state index contributed by atoms with van der Waals surface area (Å²) < 4.78 is 16.4. The van der Waals surface area contributed by atoms with Gasteiger partial charge in [0.1, 0.15) is 5.82 Å². The molecule has 194 valence electrons. The van der Waals surface area contributed by atoms with Crippen LogP contribution in [0.3, 0.4) is 0 Å². The Labute approximate surface area is 215 Å². The van der Waals surface area contributed by atoms with Gasteiger partial charge in [-0.3, -0.25) is 9.69 Å². The van der Waals surface area contributed by atoms with Crippen LogP contribution in [-0.4, -0.2) is 62.1 Å². The SMILES string of the molecule is C=C1C2=C(C)C3CC(C(C)=N)C(=O)C(N(C)C)C3CC2Cc2c(F)c3c(c(C)c21)NCCC3N(C)C. The molecule has 6 atom stereocenters. The van der Waals surface area contributed by atoms with Gasteiger partial charge in [0.2, 0.25) is 0 Å². The molecule has 1 heterocycles. The first-order valence-electron chi connectivity index (χ1n) is 13.4. The third kappa shape index (κ3) is 3.55. The van der Waals surface area contributed by atoms with Crippen LogP contribution in [0.25, 0.3) is 5.57 Å². The van der Waals surface area contributed by atoms with E-state index < -0.39 is 0 Å². The smallest absolute Gasteiger partial charge is 0.158 e. The van der Waals surface area contributed by atoms with Crippen molar-refractivity contribution < 1.29 is 9.18 Å². The molecule has 0 spiro atoms. The predicted molar refractivity (Wildman–Crippen MR) is 145 cm³/mol. The molecule has 1 saturated carbocycles. The number of carbonyl (C=O) groups is 1. The molecule has 6 unspecified atom stereocenters. The number of benzene rings is 1. The highest BCUT2D eigenvalue weighted by molar-refractivity contribution is 6.05. The largest absolute Gasteiger partial charge is 0.384 e. The molecule has 0 radical (unpaired) electrons. The molecule has 2 N–H and O–H groups in total. The lowest BCUT2D eigenvalue weighted by Crippen LogP contribution is -2.55. The van der Waals surface area contributed by atoms with E-state index in [2.05, 4.69) is 30.6 Å². The molecule has 5 rings (SSSR count). The molecular weight excluding hydrogens is 451 g/mol. The van der Waals surface area contributed by atoms with Crippen molar-refractivity contribution >= 4 is 22.8 Å². The van der Waals surface area contributed by atoms with Crippen molar-refractivity contribution in [2.45, 2.75) is 58.5 Å². The van der Waals surface area contributed by atoms with Crippen LogP contribution in [0.2, 0.25) is 0 Å². The summed E-state index contributed by atoms with van der Waals surface area (Å²) in [6, 6.07) is -0.152. The minimum Gasteiger partial charge on any atom is -0.384 e. The first kappa shape index (κ1) is 25.3. The lowest BCUT2D eigenvalue weighted by molar-refractivity contribution is -0.132. The van der Waals surface area contributed by atoms with Crippen LogP contribution in [-0.2, 0) is 11.2 Å². The maximum atomic E-state index is 16.4. The Kier molecular flexibility index (Phi) is 6.27. The van der Waals surface area contributed by atoms with E-state index in [1.165, 1.54) is 11.1 Å². The summed E-state index contributed by atoms with van der Waals surface area (Å²) >= 11 is 0. The van der Waals surface area contributed by atoms with Crippen LogP contribution in [0.5, 0.6) is 0 Å². The van der Waals surface area contributed by atoms with Gasteiger partial charge in [-0.2, -0.15) is 0 Å². The number of rotatable bonds is 3. The summed E-state index contributed by atoms with van der Waals surface area (Å²) in [5.41, 5.74) is 8.65. The van der Waals surface area contributed by atoms with Gasteiger partial charge in [0.25, 0.3) is 0 Å². The van der Waals surface area contributed by atoms with E-state index in [0.29, 0.717) is 18.6 Å². The second kappa shape index (κ2) is 8.91. The Morgan fingerprint density at radius 2 is 1.83 bits per heavy atom. The van der Waals surface area contributed by atoms with E-state index in [0.717, 1.165) is 52.9 Å². The van der Waals surface area contributed by atoms with Crippen LogP contribution < -0.4 is 5.32 Å². The first-order chi connectivity index (χ1) is 17.0. The monoisotopic (exact) mass is 492 g/mol. The van der Waals surface area contributed by atoms with Crippen LogP contribution in [0, 0.1) is 41.8 Å². The lowest BCUT2D eigenvalue weighted by atomic mass is 9.56. The summed E-state index contributed by atoms with van der Waals surface area (Å²) in [5.74, 6) is 0.373. The molecule has 6 heteroatoms. The molecule has 0 bridgehead atoms. The zero-order valence-corrected chi connectivity index (χ0v) is 22.9. The van der Waals surface area contributed by atoms with E-state index in [1.54, 1.807) is 6.92 Å². The molecule has 1 fully saturated rings. The molecule has 1 aromatic rings. The average molecular weight is 493 g/mol. The average Bonchev–Trinajstić information content (AvgIpc) is 2.80. The molecule has 1 aliphatic heterocycles. The van der Waals surface area contributed by atoms with Crippen molar-refractivity contribution in [1.29, 1.82) is 5.41 Å². The highest BCUT2D eigenvalue weighted by atomic mass is 19.1. The Bertz CT molecular complexity index is 1200. The van der Waals surface area contributed by atoms with Crippen LogP contribution in [0.15, 0.2) is 17.7 Å². The van der Waals surface area contributed by atoms with Gasteiger partial charge in [0.15, 0.2) is 5.78 Å². The van der Waals surface area contributed by atoms with Gasteiger partial charge in [-0.25, -0.2) is 4.39 Å². The van der Waals surface area contributed by atoms with Crippen LogP contribution >= 0.6 is 0 Å². The number of hydrogen-bond acceptors (Lipinski definition) is 5. The molecule has 36 heavy (non-hydrogen) atoms. The Morgan fingerprint density at radius 1 is 1.14 bits per heavy atom. The topological polar surface area (TPSA) is 59.4 Å². The fourth-order valence-electron chi connectivity index (χ4n) is 8.09. The number of Topliss-reactive ketones (excluding diaryl/α,β-unsaturated/α-hetero) is 1. The predicted octanol–water partition coefficient (Wildman–Crippen LogP) is 5.25. The maximum Gasteiger partial charge on any atom is 0.158 e. The zero-order valence-electron chi connectivity index (χ0n) is 22.9. The number of anilines is 1. The van der Waals surface area contributed by atoms with Gasteiger partial charge in [-0.1, -0.05) is 12.2 Å². The summed E-state index contributed by atoms with van der Waals surface area (Å²) in [6.07, 6.45) is 3.10. The van der Waals surface area contributed by atoms with Gasteiger partial charge in [0.05, 0.1) is 12.0 Å². The van der Waals surface area contributed by atoms with Crippen LogP contribution in [0.1, 0.15) is 61.4 Å². The molecule has 1 aromatic carbocycles. The third-order valence-electron chi connectivity index (χ3n) is 9.65. The Balaban J connectivity index is 1.65. The van der Waals surface area contributed by atoms with E-state index in [9.17, 15) is 4.79 Å². The molecule has 3 aliphatic carbocycles. The lowest BCUT2D eigenvalue weighted by Gasteiger charge is -2.50. The zero-order chi connectivity index (χ0) is 26.2. The van der Waals surface area contributed by atoms with E-state index in [4.69, 9.17) is 5.41 Å². The van der Waals surface area contributed by atoms with Gasteiger partial charge in [0, 0.05) is 29.5 Å². The quantitative estimate of drug-likeness (QED) is 0.566. The highest BCUT2D eigenvalue weighted by Gasteiger charge is 2.51. The van der Waals surface area contributed by atoms with Gasteiger partial charge in [-0.05, 0) is 120 Å². The number of halogens is 1. The number of nitrogens with zero attached hydrogens (tertiary/aromatic N) is 2. The third-order valence-corrected chi connectivity index (χ3v) is 9.65. The maximum absolute atomic E-state index is 16.4. The number of nitrogens with one attached hydrogen (secondary N) is 2. The number of ketones is 1. The standard InChI is InChI=1S/C30H41FN4O/c1-14-19-13-20(17(4)32)30(36)29(35(7)8)21(19)11-18-12-22-25(15(2)24(14)18)16(3)28-26(27(22)31)23(34(5)6)9-10-33-28/h18-21,23,29,32-33H,2,9-13H2,1,3-8H3. The number of hydrogen-bond donors (Lipinski definition) is 2. The highest BCUT2D eigenvalue weighted by Crippen LogP contribution is 2.55. The number of allylic oxidation sites excluding steroid dienone is 3. The minimum absolute atomic E-state index is 0.0586. The van der Waals surface area contributed by atoms with E-state index in [-0.39, 0.29) is 47.4 Å². The number of likely N-dealkylation sites (N-methyl/N-ethyl adjacent to an activating group) is 1. The Morgan fingerprint density at radius 3 is 2.44 bits per heavy atom. The van der Waals surface area contributed by atoms with Crippen molar-refractivity contribution in [3.05, 3.63) is 45.8 Å². The van der Waals surface area contributed by atoms with Crippen molar-refractivity contribution in [3.63, 3.8) is 0 Å². The molecule has 0 amide bonds. The van der Waals surface area contributed by atoms with Crippen molar-refractivity contribution in [2.24, 2.45) is 23.7 Å². The van der Waals surface area contributed by atoms with Crippen molar-refractivity contribution in [2.75, 3.05) is 40.1 Å². The van der Waals surface area contributed by atoms with E-state index >= 15 is 4.39 Å². The molecular formula is C30H41FN4O. The van der Waals surface area contributed by atoms with Crippen molar-refractivity contribution in [3.8, 4) is 0 Å². The molecule has 0 saturated heterocycles.